The molecule has 1 aromatic carbocycles. The second-order valence-corrected chi connectivity index (χ2v) is 3.85. The van der Waals surface area contributed by atoms with Crippen molar-refractivity contribution in [2.45, 2.75) is 6.92 Å². The van der Waals surface area contributed by atoms with Gasteiger partial charge in [0.2, 0.25) is 0 Å². The lowest BCUT2D eigenvalue weighted by Crippen LogP contribution is -2.22. The molecule has 0 spiro atoms. The normalized spacial score (nSPS) is 12.1. The number of nitro groups is 1. The van der Waals surface area contributed by atoms with E-state index in [0.717, 1.165) is 18.8 Å². The van der Waals surface area contributed by atoms with Crippen LogP contribution in [0.5, 0.6) is 0 Å². The van der Waals surface area contributed by atoms with Crippen molar-refractivity contribution < 1.29 is 4.92 Å². The molecule has 0 aliphatic heterocycles. The summed E-state index contributed by atoms with van der Waals surface area (Å²) in [5, 5.41) is 16.8. The number of hydrogen-bond donors (Lipinski definition) is 2. The van der Waals surface area contributed by atoms with Crippen molar-refractivity contribution in [3.05, 3.63) is 34.4 Å². The maximum atomic E-state index is 10.6. The van der Waals surface area contributed by atoms with Crippen LogP contribution in [0.3, 0.4) is 0 Å². The lowest BCUT2D eigenvalue weighted by atomic mass is 10.2. The van der Waals surface area contributed by atoms with Crippen LogP contribution >= 0.6 is 0 Å². The molecule has 1 atom stereocenters. The molecule has 0 saturated carbocycles. The van der Waals surface area contributed by atoms with Gasteiger partial charge in [-0.15, -0.1) is 0 Å². The largest absolute Gasteiger partial charge is 0.385 e. The molecular formula is C11H17N3O2. The van der Waals surface area contributed by atoms with E-state index in [2.05, 4.69) is 17.6 Å². The van der Waals surface area contributed by atoms with Gasteiger partial charge in [0, 0.05) is 24.4 Å². The SMILES string of the molecule is CNCC(C)CNc1cccc([N+](=O)[O-])c1. The van der Waals surface area contributed by atoms with Gasteiger partial charge >= 0.3 is 0 Å². The predicted octanol–water partition coefficient (Wildman–Crippen LogP) is 1.86. The number of hydrogen-bond acceptors (Lipinski definition) is 4. The zero-order chi connectivity index (χ0) is 12.0. The summed E-state index contributed by atoms with van der Waals surface area (Å²) in [5.74, 6) is 0.476. The van der Waals surface area contributed by atoms with Crippen LogP contribution in [0.25, 0.3) is 0 Å². The van der Waals surface area contributed by atoms with Gasteiger partial charge in [0.1, 0.15) is 0 Å². The summed E-state index contributed by atoms with van der Waals surface area (Å²) >= 11 is 0. The highest BCUT2D eigenvalue weighted by Crippen LogP contribution is 2.17. The summed E-state index contributed by atoms with van der Waals surface area (Å²) in [5.41, 5.74) is 0.906. The maximum absolute atomic E-state index is 10.6. The third-order valence-electron chi connectivity index (χ3n) is 2.26. The second kappa shape index (κ2) is 6.07. The summed E-state index contributed by atoms with van der Waals surface area (Å²) in [6, 6.07) is 6.55. The summed E-state index contributed by atoms with van der Waals surface area (Å²) in [6.07, 6.45) is 0. The molecule has 0 aromatic heterocycles. The van der Waals surface area contributed by atoms with E-state index in [9.17, 15) is 10.1 Å². The van der Waals surface area contributed by atoms with E-state index in [-0.39, 0.29) is 10.6 Å². The van der Waals surface area contributed by atoms with E-state index in [1.54, 1.807) is 12.1 Å². The first-order chi connectivity index (χ1) is 7.63. The van der Waals surface area contributed by atoms with Crippen LogP contribution in [-0.2, 0) is 0 Å². The van der Waals surface area contributed by atoms with Gasteiger partial charge in [-0.05, 0) is 25.6 Å². The van der Waals surface area contributed by atoms with Gasteiger partial charge in [-0.1, -0.05) is 13.0 Å². The van der Waals surface area contributed by atoms with Crippen molar-refractivity contribution in [3.63, 3.8) is 0 Å². The molecule has 0 heterocycles. The van der Waals surface area contributed by atoms with Crippen LogP contribution in [0.1, 0.15) is 6.92 Å². The molecule has 1 unspecified atom stereocenters. The molecule has 1 rings (SSSR count). The fraction of sp³-hybridized carbons (Fsp3) is 0.455. The van der Waals surface area contributed by atoms with E-state index in [4.69, 9.17) is 0 Å². The molecule has 16 heavy (non-hydrogen) atoms. The van der Waals surface area contributed by atoms with Crippen molar-refractivity contribution in [3.8, 4) is 0 Å². The Labute approximate surface area is 95.0 Å². The quantitative estimate of drug-likeness (QED) is 0.570. The topological polar surface area (TPSA) is 67.2 Å². The lowest BCUT2D eigenvalue weighted by molar-refractivity contribution is -0.384. The summed E-state index contributed by atoms with van der Waals surface area (Å²) in [4.78, 5) is 10.2. The first-order valence-electron chi connectivity index (χ1n) is 5.26. The Hall–Kier alpha value is -1.62. The van der Waals surface area contributed by atoms with Gasteiger partial charge < -0.3 is 10.6 Å². The lowest BCUT2D eigenvalue weighted by Gasteiger charge is -2.12. The Bertz CT molecular complexity index is 355. The number of nitro benzene ring substituents is 1. The minimum atomic E-state index is -0.387. The summed E-state index contributed by atoms with van der Waals surface area (Å²) < 4.78 is 0. The van der Waals surface area contributed by atoms with Crippen molar-refractivity contribution in [1.29, 1.82) is 0 Å². The van der Waals surface area contributed by atoms with Crippen LogP contribution in [-0.4, -0.2) is 25.1 Å². The fourth-order valence-electron chi connectivity index (χ4n) is 1.44. The Kier molecular flexibility index (Phi) is 4.72. The molecule has 2 N–H and O–H groups in total. The number of benzene rings is 1. The first-order valence-corrected chi connectivity index (χ1v) is 5.26. The Balaban J connectivity index is 2.54. The van der Waals surface area contributed by atoms with E-state index in [1.807, 2.05) is 13.1 Å². The van der Waals surface area contributed by atoms with E-state index in [0.29, 0.717) is 5.92 Å². The first kappa shape index (κ1) is 12.4. The highest BCUT2D eigenvalue weighted by Gasteiger charge is 2.06. The predicted molar refractivity (Wildman–Crippen MR) is 64.7 cm³/mol. The highest BCUT2D eigenvalue weighted by atomic mass is 16.6. The van der Waals surface area contributed by atoms with Crippen molar-refractivity contribution in [1.82, 2.24) is 5.32 Å². The summed E-state index contributed by atoms with van der Waals surface area (Å²) in [6.45, 7) is 3.82. The fourth-order valence-corrected chi connectivity index (χ4v) is 1.44. The third-order valence-corrected chi connectivity index (χ3v) is 2.26. The van der Waals surface area contributed by atoms with Crippen molar-refractivity contribution in [2.75, 3.05) is 25.5 Å². The van der Waals surface area contributed by atoms with Gasteiger partial charge in [0.25, 0.3) is 5.69 Å². The molecule has 88 valence electrons. The number of nitrogens with one attached hydrogen (secondary N) is 2. The highest BCUT2D eigenvalue weighted by molar-refractivity contribution is 5.50. The van der Waals surface area contributed by atoms with Gasteiger partial charge in [-0.2, -0.15) is 0 Å². The van der Waals surface area contributed by atoms with Crippen LogP contribution in [0, 0.1) is 16.0 Å². The zero-order valence-electron chi connectivity index (χ0n) is 9.56. The molecule has 1 aromatic rings. The van der Waals surface area contributed by atoms with E-state index < -0.39 is 0 Å². The maximum Gasteiger partial charge on any atom is 0.271 e. The molecule has 0 saturated heterocycles. The van der Waals surface area contributed by atoms with Gasteiger partial charge in [-0.3, -0.25) is 10.1 Å². The minimum absolute atomic E-state index is 0.117. The molecule has 5 heteroatoms. The van der Waals surface area contributed by atoms with Gasteiger partial charge in [-0.25, -0.2) is 0 Å². The molecule has 0 aliphatic carbocycles. The van der Waals surface area contributed by atoms with Crippen LogP contribution < -0.4 is 10.6 Å². The summed E-state index contributed by atoms with van der Waals surface area (Å²) in [7, 11) is 1.91. The van der Waals surface area contributed by atoms with Crippen molar-refractivity contribution in [2.24, 2.45) is 5.92 Å². The number of anilines is 1. The number of rotatable bonds is 6. The zero-order valence-corrected chi connectivity index (χ0v) is 9.56. The van der Waals surface area contributed by atoms with E-state index in [1.165, 1.54) is 6.07 Å². The molecule has 0 fully saturated rings. The van der Waals surface area contributed by atoms with Crippen LogP contribution in [0.15, 0.2) is 24.3 Å². The average molecular weight is 223 g/mol. The van der Waals surface area contributed by atoms with Crippen LogP contribution in [0.4, 0.5) is 11.4 Å². The Morgan fingerprint density at radius 3 is 2.81 bits per heavy atom. The van der Waals surface area contributed by atoms with Gasteiger partial charge in [0.05, 0.1) is 4.92 Å². The molecule has 0 aliphatic rings. The molecule has 0 bridgehead atoms. The molecule has 0 amide bonds. The smallest absolute Gasteiger partial charge is 0.271 e. The Morgan fingerprint density at radius 1 is 1.44 bits per heavy atom. The van der Waals surface area contributed by atoms with Gasteiger partial charge in [0.15, 0.2) is 0 Å². The Morgan fingerprint density at radius 2 is 2.19 bits per heavy atom. The molecule has 5 nitrogen and oxygen atoms in total. The monoisotopic (exact) mass is 223 g/mol. The third kappa shape index (κ3) is 3.86. The van der Waals surface area contributed by atoms with Crippen molar-refractivity contribution >= 4 is 11.4 Å². The minimum Gasteiger partial charge on any atom is -0.385 e. The second-order valence-electron chi connectivity index (χ2n) is 3.85. The number of non-ortho nitro benzene ring substituents is 1. The standard InChI is InChI=1S/C11H17N3O2/c1-9(7-12-2)8-13-10-4-3-5-11(6-10)14(15)16/h3-6,9,12-13H,7-8H2,1-2H3. The molecular weight excluding hydrogens is 206 g/mol. The average Bonchev–Trinajstić information content (AvgIpc) is 2.27. The number of nitrogens with zero attached hydrogens (tertiary/aromatic N) is 1. The van der Waals surface area contributed by atoms with Crippen LogP contribution in [0.2, 0.25) is 0 Å². The van der Waals surface area contributed by atoms with E-state index >= 15 is 0 Å². The molecule has 0 radical (unpaired) electrons.